The van der Waals surface area contributed by atoms with Gasteiger partial charge < -0.3 is 16.1 Å². The molecule has 0 unspecified atom stereocenters. The zero-order valence-electron chi connectivity index (χ0n) is 9.08. The number of halogens is 1. The fourth-order valence-electron chi connectivity index (χ4n) is 1.08. The molecule has 0 atom stereocenters. The minimum absolute atomic E-state index is 0. The summed E-state index contributed by atoms with van der Waals surface area (Å²) in [4.78, 5) is 13.1. The summed E-state index contributed by atoms with van der Waals surface area (Å²) >= 11 is 0. The second-order valence-corrected chi connectivity index (χ2v) is 4.00. The summed E-state index contributed by atoms with van der Waals surface area (Å²) in [5.41, 5.74) is -0.375. The van der Waals surface area contributed by atoms with Gasteiger partial charge in [0.05, 0.1) is 0 Å². The van der Waals surface area contributed by atoms with Crippen LogP contribution in [0.3, 0.4) is 0 Å². The standard InChI is InChI=1S/C9H16NO2.HI.Zn/c1-9(2,3)12-8(11)10-6-4-5-7-10;;/h4H,5-7H2,1-3H3;1H;/q-1;;. The molecular formula is C9H17INO2Zn-. The van der Waals surface area contributed by atoms with E-state index in [4.69, 9.17) is 4.74 Å². The van der Waals surface area contributed by atoms with Gasteiger partial charge in [0, 0.05) is 19.5 Å². The molecule has 5 heteroatoms. The van der Waals surface area contributed by atoms with Gasteiger partial charge in [-0.3, -0.25) is 0 Å². The number of hydrogen-bond acceptors (Lipinski definition) is 2. The molecule has 0 saturated carbocycles. The fraction of sp³-hybridized carbons (Fsp3) is 0.778. The number of hydrogen-bond donors (Lipinski definition) is 0. The first-order valence-corrected chi connectivity index (χ1v) is 4.28. The molecule has 0 spiro atoms. The molecule has 1 rings (SSSR count). The van der Waals surface area contributed by atoms with Crippen LogP contribution < -0.4 is 0 Å². The molecule has 0 radical (unpaired) electrons. The summed E-state index contributed by atoms with van der Waals surface area (Å²) in [6, 6.07) is 0. The van der Waals surface area contributed by atoms with Crippen LogP contribution in [-0.2, 0) is 24.2 Å². The van der Waals surface area contributed by atoms with Crippen molar-refractivity contribution in [1.82, 2.24) is 4.90 Å². The minimum atomic E-state index is -0.375. The van der Waals surface area contributed by atoms with Crippen molar-refractivity contribution in [2.24, 2.45) is 0 Å². The van der Waals surface area contributed by atoms with Crippen LogP contribution in [0.5, 0.6) is 0 Å². The average Bonchev–Trinajstić information content (AvgIpc) is 2.32. The number of nitrogens with zero attached hydrogens (tertiary/aromatic N) is 1. The number of amides is 1. The number of carbonyl (C=O) groups excluding carboxylic acids is 1. The molecule has 1 aliphatic heterocycles. The second kappa shape index (κ2) is 6.99. The molecule has 0 N–H and O–H groups in total. The SMILES string of the molecule is CC(C)(C)OC(=O)N1C[CH-]CC1.I.[Zn]. The van der Waals surface area contributed by atoms with E-state index in [-0.39, 0.29) is 55.1 Å². The van der Waals surface area contributed by atoms with Crippen LogP contribution in [0.15, 0.2) is 0 Å². The first kappa shape index (κ1) is 17.0. The molecule has 80 valence electrons. The molecule has 0 bridgehead atoms. The molecule has 0 aromatic heterocycles. The van der Waals surface area contributed by atoms with Crippen molar-refractivity contribution in [1.29, 1.82) is 0 Å². The number of ether oxygens (including phenoxy) is 1. The van der Waals surface area contributed by atoms with E-state index in [0.717, 1.165) is 19.5 Å². The van der Waals surface area contributed by atoms with Gasteiger partial charge in [-0.15, -0.1) is 24.0 Å². The molecule has 1 fully saturated rings. The zero-order chi connectivity index (χ0) is 9.19. The van der Waals surface area contributed by atoms with Gasteiger partial charge in [0.1, 0.15) is 5.60 Å². The Morgan fingerprint density at radius 3 is 2.36 bits per heavy atom. The van der Waals surface area contributed by atoms with Crippen LogP contribution in [0.25, 0.3) is 0 Å². The van der Waals surface area contributed by atoms with Crippen LogP contribution in [-0.4, -0.2) is 29.7 Å². The van der Waals surface area contributed by atoms with Crippen molar-refractivity contribution in [3.05, 3.63) is 6.42 Å². The van der Waals surface area contributed by atoms with E-state index in [2.05, 4.69) is 6.42 Å². The van der Waals surface area contributed by atoms with Crippen LogP contribution in [0.2, 0.25) is 0 Å². The summed E-state index contributed by atoms with van der Waals surface area (Å²) in [5, 5.41) is 0. The third-order valence-corrected chi connectivity index (χ3v) is 1.60. The van der Waals surface area contributed by atoms with Gasteiger partial charge in [0.15, 0.2) is 0 Å². The van der Waals surface area contributed by atoms with Crippen molar-refractivity contribution in [2.45, 2.75) is 32.8 Å². The maximum absolute atomic E-state index is 11.3. The Bertz CT molecular complexity index is 176. The normalized spacial score (nSPS) is 15.5. The zero-order valence-corrected chi connectivity index (χ0v) is 14.4. The number of likely N-dealkylation sites (tertiary alicyclic amines) is 1. The van der Waals surface area contributed by atoms with E-state index in [1.165, 1.54) is 0 Å². The maximum atomic E-state index is 11.3. The predicted molar refractivity (Wildman–Crippen MR) is 62.1 cm³/mol. The van der Waals surface area contributed by atoms with E-state index in [1.807, 2.05) is 20.8 Å². The van der Waals surface area contributed by atoms with E-state index in [0.29, 0.717) is 0 Å². The topological polar surface area (TPSA) is 29.5 Å². The van der Waals surface area contributed by atoms with Crippen molar-refractivity contribution in [2.75, 3.05) is 13.1 Å². The monoisotopic (exact) mass is 362 g/mol. The Labute approximate surface area is 116 Å². The largest absolute Gasteiger partial charge is 0.444 e. The van der Waals surface area contributed by atoms with Gasteiger partial charge in [-0.2, -0.15) is 6.42 Å². The summed E-state index contributed by atoms with van der Waals surface area (Å²) in [5.74, 6) is 0. The number of carbonyl (C=O) groups is 1. The van der Waals surface area contributed by atoms with Crippen molar-refractivity contribution in [3.63, 3.8) is 0 Å². The van der Waals surface area contributed by atoms with Crippen LogP contribution >= 0.6 is 24.0 Å². The van der Waals surface area contributed by atoms with Crippen LogP contribution in [0.1, 0.15) is 27.2 Å². The maximum Gasteiger partial charge on any atom is 0.407 e. The predicted octanol–water partition coefficient (Wildman–Crippen LogP) is 2.45. The fourth-order valence-corrected chi connectivity index (χ4v) is 1.08. The Kier molecular flexibility index (Phi) is 8.50. The minimum Gasteiger partial charge on any atom is -0.444 e. The number of rotatable bonds is 0. The second-order valence-electron chi connectivity index (χ2n) is 4.00. The van der Waals surface area contributed by atoms with Gasteiger partial charge in [0.25, 0.3) is 0 Å². The van der Waals surface area contributed by atoms with E-state index < -0.39 is 0 Å². The van der Waals surface area contributed by atoms with Crippen molar-refractivity contribution in [3.8, 4) is 0 Å². The Balaban J connectivity index is 0. The molecule has 3 nitrogen and oxygen atoms in total. The smallest absolute Gasteiger partial charge is 0.407 e. The Morgan fingerprint density at radius 2 is 2.00 bits per heavy atom. The van der Waals surface area contributed by atoms with Gasteiger partial charge in [-0.1, -0.05) is 6.54 Å². The first-order chi connectivity index (χ1) is 5.49. The molecule has 0 aliphatic carbocycles. The van der Waals surface area contributed by atoms with E-state index >= 15 is 0 Å². The average molecular weight is 364 g/mol. The summed E-state index contributed by atoms with van der Waals surface area (Å²) in [6.45, 7) is 7.17. The van der Waals surface area contributed by atoms with Crippen LogP contribution in [0, 0.1) is 6.42 Å². The third-order valence-electron chi connectivity index (χ3n) is 1.60. The summed E-state index contributed by atoms with van der Waals surface area (Å²) < 4.78 is 5.19. The summed E-state index contributed by atoms with van der Waals surface area (Å²) in [6.07, 6.45) is 2.87. The van der Waals surface area contributed by atoms with Gasteiger partial charge in [-0.05, 0) is 27.3 Å². The van der Waals surface area contributed by atoms with E-state index in [9.17, 15) is 4.79 Å². The summed E-state index contributed by atoms with van der Waals surface area (Å²) in [7, 11) is 0. The van der Waals surface area contributed by atoms with Gasteiger partial charge >= 0.3 is 6.09 Å². The quantitative estimate of drug-likeness (QED) is 0.376. The molecular weight excluding hydrogens is 346 g/mol. The molecule has 0 aromatic rings. The molecule has 1 aliphatic rings. The Hall–Kier alpha value is 0.623. The van der Waals surface area contributed by atoms with Crippen LogP contribution in [0.4, 0.5) is 4.79 Å². The molecule has 1 saturated heterocycles. The molecule has 1 amide bonds. The Morgan fingerprint density at radius 1 is 1.43 bits per heavy atom. The van der Waals surface area contributed by atoms with Gasteiger partial charge in [0.2, 0.25) is 0 Å². The van der Waals surface area contributed by atoms with Crippen molar-refractivity contribution < 1.29 is 29.0 Å². The molecule has 0 aromatic carbocycles. The van der Waals surface area contributed by atoms with E-state index in [1.54, 1.807) is 4.90 Å². The third kappa shape index (κ3) is 6.17. The molecule has 14 heavy (non-hydrogen) atoms. The molecule has 1 heterocycles. The first-order valence-electron chi connectivity index (χ1n) is 4.28. The van der Waals surface area contributed by atoms with Crippen molar-refractivity contribution >= 4 is 30.1 Å². The van der Waals surface area contributed by atoms with Gasteiger partial charge in [-0.25, -0.2) is 4.79 Å².